The molecule has 0 saturated carbocycles. The van der Waals surface area contributed by atoms with Crippen LogP contribution in [-0.2, 0) is 6.54 Å². The number of nitrogens with one attached hydrogen (secondary N) is 1. The Hall–Kier alpha value is -2.02. The highest BCUT2D eigenvalue weighted by atomic mass is 79.9. The Morgan fingerprint density at radius 3 is 2.95 bits per heavy atom. The average molecular weight is 325 g/mol. The number of halogens is 1. The van der Waals surface area contributed by atoms with Crippen molar-refractivity contribution in [1.29, 1.82) is 0 Å². The lowest BCUT2D eigenvalue weighted by Gasteiger charge is -2.11. The Morgan fingerprint density at radius 2 is 2.32 bits per heavy atom. The summed E-state index contributed by atoms with van der Waals surface area (Å²) in [5, 5.41) is 16.2. The second kappa shape index (κ2) is 5.75. The first-order valence-corrected chi connectivity index (χ1v) is 6.41. The number of anilines is 2. The number of hydrogen-bond donors (Lipinski definition) is 3. The summed E-state index contributed by atoms with van der Waals surface area (Å²) in [6.07, 6.45) is 3.57. The molecule has 100 valence electrons. The minimum Gasteiger partial charge on any atom is -0.478 e. The van der Waals surface area contributed by atoms with Gasteiger partial charge < -0.3 is 16.2 Å². The molecule has 4 N–H and O–H groups in total. The molecule has 1 aromatic carbocycles. The Bertz CT molecular complexity index is 584. The summed E-state index contributed by atoms with van der Waals surface area (Å²) in [5.41, 5.74) is 6.66. The van der Waals surface area contributed by atoms with Crippen LogP contribution in [0.15, 0.2) is 35.1 Å². The van der Waals surface area contributed by atoms with E-state index in [-0.39, 0.29) is 11.3 Å². The molecule has 0 atom stereocenters. The van der Waals surface area contributed by atoms with E-state index in [1.807, 2.05) is 12.3 Å². The van der Waals surface area contributed by atoms with Gasteiger partial charge in [-0.25, -0.2) is 4.79 Å². The first-order valence-electron chi connectivity index (χ1n) is 5.61. The van der Waals surface area contributed by atoms with Crippen molar-refractivity contribution >= 4 is 33.3 Å². The van der Waals surface area contributed by atoms with Crippen LogP contribution in [-0.4, -0.2) is 27.4 Å². The highest BCUT2D eigenvalue weighted by molar-refractivity contribution is 9.10. The largest absolute Gasteiger partial charge is 0.478 e. The molecular formula is C12H13BrN4O2. The SMILES string of the molecule is Nc1cc(Br)c(NCCn2cccn2)cc1C(=O)O. The molecule has 0 unspecified atom stereocenters. The molecule has 19 heavy (non-hydrogen) atoms. The number of nitrogen functional groups attached to an aromatic ring is 1. The van der Waals surface area contributed by atoms with Crippen LogP contribution in [0, 0.1) is 0 Å². The normalized spacial score (nSPS) is 10.4. The molecule has 1 aromatic heterocycles. The number of carbonyl (C=O) groups is 1. The summed E-state index contributed by atoms with van der Waals surface area (Å²) in [5.74, 6) is -1.04. The number of carboxylic acid groups (broad SMARTS) is 1. The van der Waals surface area contributed by atoms with Gasteiger partial charge in [-0.2, -0.15) is 5.10 Å². The van der Waals surface area contributed by atoms with E-state index in [9.17, 15) is 4.79 Å². The molecule has 0 amide bonds. The lowest BCUT2D eigenvalue weighted by molar-refractivity contribution is 0.0698. The highest BCUT2D eigenvalue weighted by Gasteiger charge is 2.11. The lowest BCUT2D eigenvalue weighted by Crippen LogP contribution is -2.12. The van der Waals surface area contributed by atoms with Gasteiger partial charge in [0.05, 0.1) is 12.1 Å². The van der Waals surface area contributed by atoms with Crippen molar-refractivity contribution in [1.82, 2.24) is 9.78 Å². The Morgan fingerprint density at radius 1 is 1.53 bits per heavy atom. The zero-order chi connectivity index (χ0) is 13.8. The van der Waals surface area contributed by atoms with Crippen molar-refractivity contribution < 1.29 is 9.90 Å². The summed E-state index contributed by atoms with van der Waals surface area (Å²) in [6.45, 7) is 1.31. The van der Waals surface area contributed by atoms with Crippen molar-refractivity contribution in [2.24, 2.45) is 0 Å². The lowest BCUT2D eigenvalue weighted by atomic mass is 10.1. The number of nitrogens with zero attached hydrogens (tertiary/aromatic N) is 2. The van der Waals surface area contributed by atoms with Crippen LogP contribution in [0.1, 0.15) is 10.4 Å². The fraction of sp³-hybridized carbons (Fsp3) is 0.167. The standard InChI is InChI=1S/C12H13BrN4O2/c13-9-7-10(14)8(12(18)19)6-11(9)15-3-5-17-4-1-2-16-17/h1-2,4,6-7,15H,3,5,14H2,(H,18,19). The van der Waals surface area contributed by atoms with Gasteiger partial charge in [-0.1, -0.05) is 0 Å². The number of rotatable bonds is 5. The summed E-state index contributed by atoms with van der Waals surface area (Å²) in [6, 6.07) is 4.95. The van der Waals surface area contributed by atoms with E-state index < -0.39 is 5.97 Å². The smallest absolute Gasteiger partial charge is 0.337 e. The molecule has 7 heteroatoms. The molecule has 0 radical (unpaired) electrons. The van der Waals surface area contributed by atoms with E-state index in [0.717, 1.165) is 4.47 Å². The molecule has 0 aliphatic heterocycles. The molecule has 2 rings (SSSR count). The van der Waals surface area contributed by atoms with E-state index in [2.05, 4.69) is 26.3 Å². The van der Waals surface area contributed by atoms with Gasteiger partial charge in [0, 0.05) is 34.8 Å². The van der Waals surface area contributed by atoms with Crippen LogP contribution in [0.4, 0.5) is 11.4 Å². The predicted molar refractivity (Wildman–Crippen MR) is 76.2 cm³/mol. The van der Waals surface area contributed by atoms with E-state index in [1.165, 1.54) is 6.07 Å². The summed E-state index contributed by atoms with van der Waals surface area (Å²) < 4.78 is 2.52. The maximum atomic E-state index is 11.0. The fourth-order valence-corrected chi connectivity index (χ4v) is 2.15. The van der Waals surface area contributed by atoms with Gasteiger partial charge in [-0.3, -0.25) is 4.68 Å². The number of aromatic nitrogens is 2. The molecule has 0 spiro atoms. The van der Waals surface area contributed by atoms with Crippen molar-refractivity contribution in [3.63, 3.8) is 0 Å². The van der Waals surface area contributed by atoms with E-state index in [1.54, 1.807) is 16.9 Å². The first-order chi connectivity index (χ1) is 9.08. The summed E-state index contributed by atoms with van der Waals surface area (Å²) >= 11 is 3.35. The summed E-state index contributed by atoms with van der Waals surface area (Å²) in [7, 11) is 0. The van der Waals surface area contributed by atoms with Crippen molar-refractivity contribution in [3.05, 3.63) is 40.6 Å². The van der Waals surface area contributed by atoms with Gasteiger partial charge in [0.2, 0.25) is 0 Å². The van der Waals surface area contributed by atoms with Crippen LogP contribution in [0.25, 0.3) is 0 Å². The monoisotopic (exact) mass is 324 g/mol. The molecule has 0 aliphatic rings. The average Bonchev–Trinajstić information content (AvgIpc) is 2.84. The number of aromatic carboxylic acids is 1. The molecule has 0 saturated heterocycles. The van der Waals surface area contributed by atoms with Gasteiger partial charge in [0.15, 0.2) is 0 Å². The minimum absolute atomic E-state index is 0.0878. The quantitative estimate of drug-likeness (QED) is 0.732. The highest BCUT2D eigenvalue weighted by Crippen LogP contribution is 2.28. The number of carboxylic acids is 1. The molecule has 0 fully saturated rings. The summed E-state index contributed by atoms with van der Waals surface area (Å²) in [4.78, 5) is 11.0. The van der Waals surface area contributed by atoms with Crippen molar-refractivity contribution in [2.75, 3.05) is 17.6 Å². The number of benzene rings is 1. The first kappa shape index (κ1) is 13.4. The minimum atomic E-state index is -1.04. The molecule has 2 aromatic rings. The third-order valence-corrected chi connectivity index (χ3v) is 3.24. The number of hydrogen-bond acceptors (Lipinski definition) is 4. The second-order valence-corrected chi connectivity index (χ2v) is 4.77. The van der Waals surface area contributed by atoms with E-state index in [4.69, 9.17) is 10.8 Å². The van der Waals surface area contributed by atoms with Crippen LogP contribution in [0.5, 0.6) is 0 Å². The van der Waals surface area contributed by atoms with Crippen LogP contribution in [0.3, 0.4) is 0 Å². The van der Waals surface area contributed by atoms with Gasteiger partial charge >= 0.3 is 5.97 Å². The maximum absolute atomic E-state index is 11.0. The van der Waals surface area contributed by atoms with Crippen LogP contribution < -0.4 is 11.1 Å². The molecule has 0 bridgehead atoms. The van der Waals surface area contributed by atoms with E-state index in [0.29, 0.717) is 18.8 Å². The second-order valence-electron chi connectivity index (χ2n) is 3.92. The maximum Gasteiger partial charge on any atom is 0.337 e. The third-order valence-electron chi connectivity index (χ3n) is 2.59. The van der Waals surface area contributed by atoms with Gasteiger partial charge in [-0.05, 0) is 34.1 Å². The Balaban J connectivity index is 2.07. The molecule has 6 nitrogen and oxygen atoms in total. The zero-order valence-corrected chi connectivity index (χ0v) is 11.6. The Kier molecular flexibility index (Phi) is 4.06. The third kappa shape index (κ3) is 3.25. The predicted octanol–water partition coefficient (Wildman–Crippen LogP) is 2.04. The van der Waals surface area contributed by atoms with Gasteiger partial charge in [0.25, 0.3) is 0 Å². The fourth-order valence-electron chi connectivity index (χ4n) is 1.65. The zero-order valence-electron chi connectivity index (χ0n) is 10.0. The number of nitrogens with two attached hydrogens (primary N) is 1. The van der Waals surface area contributed by atoms with Gasteiger partial charge in [0.1, 0.15) is 0 Å². The molecule has 0 aliphatic carbocycles. The van der Waals surface area contributed by atoms with Crippen LogP contribution in [0.2, 0.25) is 0 Å². The molecular weight excluding hydrogens is 312 g/mol. The van der Waals surface area contributed by atoms with Crippen molar-refractivity contribution in [2.45, 2.75) is 6.54 Å². The van der Waals surface area contributed by atoms with Gasteiger partial charge in [-0.15, -0.1) is 0 Å². The van der Waals surface area contributed by atoms with E-state index >= 15 is 0 Å². The van der Waals surface area contributed by atoms with Crippen LogP contribution >= 0.6 is 15.9 Å². The molecule has 1 heterocycles. The topological polar surface area (TPSA) is 93.2 Å². The van der Waals surface area contributed by atoms with Crippen molar-refractivity contribution in [3.8, 4) is 0 Å². The Labute approximate surface area is 118 Å².